The average Bonchev–Trinajstić information content (AvgIpc) is 2.86. The Morgan fingerprint density at radius 1 is 1.11 bits per heavy atom. The molecule has 2 aromatic rings. The molecular weight excluding hydrogens is 226 g/mol. The van der Waals surface area contributed by atoms with Gasteiger partial charge in [0.25, 0.3) is 0 Å². The molecule has 1 aliphatic rings. The molecule has 0 bridgehead atoms. The Labute approximate surface area is 105 Å². The fraction of sp³-hybridized carbons (Fsp3) is 0.133. The van der Waals surface area contributed by atoms with Crippen LogP contribution in [0.25, 0.3) is 11.1 Å². The van der Waals surface area contributed by atoms with Gasteiger partial charge in [0.2, 0.25) is 0 Å². The van der Waals surface area contributed by atoms with Crippen LogP contribution in [0.2, 0.25) is 0 Å². The predicted octanol–water partition coefficient (Wildman–Crippen LogP) is 2.66. The first-order valence-electron chi connectivity index (χ1n) is 5.91. The minimum Gasteiger partial charge on any atom is -0.478 e. The van der Waals surface area contributed by atoms with E-state index in [2.05, 4.69) is 5.32 Å². The minimum atomic E-state index is -0.873. The molecule has 0 aromatic heterocycles. The molecule has 0 spiro atoms. The van der Waals surface area contributed by atoms with Crippen LogP contribution in [0.4, 0.5) is 0 Å². The predicted molar refractivity (Wildman–Crippen MR) is 69.4 cm³/mol. The first kappa shape index (κ1) is 11.0. The second-order valence-electron chi connectivity index (χ2n) is 4.44. The van der Waals surface area contributed by atoms with Crippen molar-refractivity contribution < 1.29 is 9.90 Å². The van der Waals surface area contributed by atoms with Crippen molar-refractivity contribution in [3.05, 3.63) is 59.2 Å². The molecule has 0 radical (unpaired) electrons. The molecule has 0 atom stereocenters. The number of fused-ring (bicyclic) bond motifs is 1. The Morgan fingerprint density at radius 3 is 2.61 bits per heavy atom. The van der Waals surface area contributed by atoms with Gasteiger partial charge in [-0.15, -0.1) is 0 Å². The van der Waals surface area contributed by atoms with Crippen LogP contribution in [0.5, 0.6) is 0 Å². The lowest BCUT2D eigenvalue weighted by atomic mass is 9.94. The van der Waals surface area contributed by atoms with Crippen molar-refractivity contribution in [3.8, 4) is 11.1 Å². The number of carboxylic acid groups (broad SMARTS) is 1. The van der Waals surface area contributed by atoms with Gasteiger partial charge in [0, 0.05) is 13.1 Å². The van der Waals surface area contributed by atoms with Crippen molar-refractivity contribution in [1.82, 2.24) is 5.32 Å². The Hall–Kier alpha value is -2.13. The number of nitrogens with one attached hydrogen (secondary N) is 1. The number of hydrogen-bond donors (Lipinski definition) is 2. The quantitative estimate of drug-likeness (QED) is 0.847. The second-order valence-corrected chi connectivity index (χ2v) is 4.44. The van der Waals surface area contributed by atoms with Gasteiger partial charge in [-0.2, -0.15) is 0 Å². The van der Waals surface area contributed by atoms with E-state index in [9.17, 15) is 4.79 Å². The van der Waals surface area contributed by atoms with Crippen LogP contribution in [0.15, 0.2) is 42.5 Å². The first-order chi connectivity index (χ1) is 8.75. The highest BCUT2D eigenvalue weighted by atomic mass is 16.4. The van der Waals surface area contributed by atoms with Gasteiger partial charge in [0.15, 0.2) is 0 Å². The topological polar surface area (TPSA) is 49.3 Å². The summed E-state index contributed by atoms with van der Waals surface area (Å²) in [4.78, 5) is 11.2. The summed E-state index contributed by atoms with van der Waals surface area (Å²) in [6.07, 6.45) is 0. The van der Waals surface area contributed by atoms with Crippen molar-refractivity contribution in [2.75, 3.05) is 0 Å². The zero-order valence-electron chi connectivity index (χ0n) is 9.81. The van der Waals surface area contributed by atoms with Crippen molar-refractivity contribution >= 4 is 5.97 Å². The lowest BCUT2D eigenvalue weighted by Gasteiger charge is -2.09. The van der Waals surface area contributed by atoms with E-state index < -0.39 is 5.97 Å². The van der Waals surface area contributed by atoms with E-state index in [4.69, 9.17) is 5.11 Å². The maximum absolute atomic E-state index is 11.2. The summed E-state index contributed by atoms with van der Waals surface area (Å²) in [5.41, 5.74) is 4.76. The molecule has 2 N–H and O–H groups in total. The van der Waals surface area contributed by atoms with Crippen LogP contribution in [0.3, 0.4) is 0 Å². The average molecular weight is 239 g/mol. The fourth-order valence-corrected chi connectivity index (χ4v) is 2.42. The Bertz CT molecular complexity index is 605. The number of aromatic carboxylic acids is 1. The van der Waals surface area contributed by atoms with E-state index in [1.54, 1.807) is 12.1 Å². The molecular formula is C15H13NO2. The number of benzene rings is 2. The molecule has 90 valence electrons. The van der Waals surface area contributed by atoms with Crippen LogP contribution in [0, 0.1) is 0 Å². The summed E-state index contributed by atoms with van der Waals surface area (Å²) in [5, 5.41) is 12.4. The highest BCUT2D eigenvalue weighted by Gasteiger charge is 2.18. The van der Waals surface area contributed by atoms with Crippen molar-refractivity contribution in [2.45, 2.75) is 13.1 Å². The van der Waals surface area contributed by atoms with Gasteiger partial charge in [0.1, 0.15) is 0 Å². The lowest BCUT2D eigenvalue weighted by Crippen LogP contribution is -2.00. The third-order valence-corrected chi connectivity index (χ3v) is 3.29. The molecule has 0 fully saturated rings. The van der Waals surface area contributed by atoms with Gasteiger partial charge in [-0.05, 0) is 34.4 Å². The van der Waals surface area contributed by atoms with Crippen LogP contribution < -0.4 is 5.32 Å². The van der Waals surface area contributed by atoms with E-state index in [1.807, 2.05) is 30.3 Å². The summed E-state index contributed by atoms with van der Waals surface area (Å²) in [6, 6.07) is 13.5. The molecule has 0 aliphatic carbocycles. The van der Waals surface area contributed by atoms with Crippen LogP contribution in [-0.2, 0) is 13.1 Å². The molecule has 3 heteroatoms. The van der Waals surface area contributed by atoms with Gasteiger partial charge in [-0.3, -0.25) is 0 Å². The molecule has 3 nitrogen and oxygen atoms in total. The fourth-order valence-electron chi connectivity index (χ4n) is 2.42. The SMILES string of the molecule is O=C(O)c1cc2c(c(-c3ccccc3)c1)CNC2. The maximum Gasteiger partial charge on any atom is 0.335 e. The largest absolute Gasteiger partial charge is 0.478 e. The van der Waals surface area contributed by atoms with Gasteiger partial charge < -0.3 is 10.4 Å². The summed E-state index contributed by atoms with van der Waals surface area (Å²) >= 11 is 0. The van der Waals surface area contributed by atoms with E-state index in [-0.39, 0.29) is 0 Å². The monoisotopic (exact) mass is 239 g/mol. The number of rotatable bonds is 2. The van der Waals surface area contributed by atoms with E-state index >= 15 is 0 Å². The van der Waals surface area contributed by atoms with Gasteiger partial charge in [-0.1, -0.05) is 30.3 Å². The molecule has 0 saturated carbocycles. The van der Waals surface area contributed by atoms with Gasteiger partial charge in [0.05, 0.1) is 5.56 Å². The van der Waals surface area contributed by atoms with Crippen molar-refractivity contribution in [1.29, 1.82) is 0 Å². The van der Waals surface area contributed by atoms with Gasteiger partial charge in [-0.25, -0.2) is 4.79 Å². The van der Waals surface area contributed by atoms with Gasteiger partial charge >= 0.3 is 5.97 Å². The Morgan fingerprint density at radius 2 is 1.89 bits per heavy atom. The molecule has 3 rings (SSSR count). The Kier molecular flexibility index (Phi) is 2.61. The van der Waals surface area contributed by atoms with E-state index in [1.165, 1.54) is 5.56 Å². The van der Waals surface area contributed by atoms with Crippen LogP contribution >= 0.6 is 0 Å². The smallest absolute Gasteiger partial charge is 0.335 e. The molecule has 1 aliphatic heterocycles. The third kappa shape index (κ3) is 1.79. The molecule has 1 heterocycles. The summed E-state index contributed by atoms with van der Waals surface area (Å²) in [5.74, 6) is -0.873. The zero-order valence-corrected chi connectivity index (χ0v) is 9.81. The normalized spacial score (nSPS) is 13.3. The Balaban J connectivity index is 2.22. The third-order valence-electron chi connectivity index (χ3n) is 3.29. The summed E-state index contributed by atoms with van der Waals surface area (Å²) in [7, 11) is 0. The molecule has 2 aromatic carbocycles. The highest BCUT2D eigenvalue weighted by Crippen LogP contribution is 2.30. The van der Waals surface area contributed by atoms with E-state index in [0.29, 0.717) is 5.56 Å². The van der Waals surface area contributed by atoms with Crippen molar-refractivity contribution in [3.63, 3.8) is 0 Å². The second kappa shape index (κ2) is 4.27. The lowest BCUT2D eigenvalue weighted by molar-refractivity contribution is 0.0697. The standard InChI is InChI=1S/C15H13NO2/c17-15(18)11-6-12-8-16-9-14(12)13(7-11)10-4-2-1-3-5-10/h1-7,16H,8-9H2,(H,17,18). The zero-order chi connectivity index (χ0) is 12.5. The molecule has 18 heavy (non-hydrogen) atoms. The summed E-state index contributed by atoms with van der Waals surface area (Å²) in [6.45, 7) is 1.55. The summed E-state index contributed by atoms with van der Waals surface area (Å²) < 4.78 is 0. The number of hydrogen-bond acceptors (Lipinski definition) is 2. The van der Waals surface area contributed by atoms with Crippen LogP contribution in [-0.4, -0.2) is 11.1 Å². The highest BCUT2D eigenvalue weighted by molar-refractivity contribution is 5.90. The van der Waals surface area contributed by atoms with E-state index in [0.717, 1.165) is 29.8 Å². The van der Waals surface area contributed by atoms with Crippen LogP contribution in [0.1, 0.15) is 21.5 Å². The number of carboxylic acids is 1. The maximum atomic E-state index is 11.2. The van der Waals surface area contributed by atoms with Crippen molar-refractivity contribution in [2.24, 2.45) is 0 Å². The molecule has 0 saturated heterocycles. The number of carbonyl (C=O) groups is 1. The molecule has 0 amide bonds. The molecule has 0 unspecified atom stereocenters. The first-order valence-corrected chi connectivity index (χ1v) is 5.91. The minimum absolute atomic E-state index is 0.358.